The van der Waals surface area contributed by atoms with Crippen LogP contribution in [0.4, 0.5) is 4.39 Å². The number of hydrogen-bond acceptors (Lipinski definition) is 2. The third-order valence-electron chi connectivity index (χ3n) is 2.15. The van der Waals surface area contributed by atoms with Crippen LogP contribution in [0.15, 0.2) is 30.5 Å². The van der Waals surface area contributed by atoms with E-state index in [1.54, 1.807) is 12.1 Å². The SMILES string of the molecule is CC(=O)c1cn[nH]c1-c1ccc(F)cc1. The summed E-state index contributed by atoms with van der Waals surface area (Å²) in [6, 6.07) is 5.91. The fourth-order valence-electron chi connectivity index (χ4n) is 1.39. The van der Waals surface area contributed by atoms with Crippen LogP contribution in [0.5, 0.6) is 0 Å². The molecule has 3 nitrogen and oxygen atoms in total. The summed E-state index contributed by atoms with van der Waals surface area (Å²) in [4.78, 5) is 11.2. The summed E-state index contributed by atoms with van der Waals surface area (Å²) in [5.74, 6) is -0.370. The number of rotatable bonds is 2. The predicted octanol–water partition coefficient (Wildman–Crippen LogP) is 2.42. The van der Waals surface area contributed by atoms with Crippen LogP contribution in [-0.2, 0) is 0 Å². The molecule has 1 aromatic heterocycles. The fourth-order valence-corrected chi connectivity index (χ4v) is 1.39. The lowest BCUT2D eigenvalue weighted by Crippen LogP contribution is -1.92. The van der Waals surface area contributed by atoms with E-state index in [2.05, 4.69) is 10.2 Å². The van der Waals surface area contributed by atoms with Gasteiger partial charge in [-0.2, -0.15) is 5.10 Å². The van der Waals surface area contributed by atoms with Crippen molar-refractivity contribution in [3.63, 3.8) is 0 Å². The first-order valence-corrected chi connectivity index (χ1v) is 4.48. The topological polar surface area (TPSA) is 45.8 Å². The summed E-state index contributed by atoms with van der Waals surface area (Å²) < 4.78 is 12.7. The van der Waals surface area contributed by atoms with Gasteiger partial charge < -0.3 is 0 Å². The molecule has 0 aliphatic heterocycles. The monoisotopic (exact) mass is 204 g/mol. The van der Waals surface area contributed by atoms with Gasteiger partial charge in [0.1, 0.15) is 5.82 Å². The van der Waals surface area contributed by atoms with Crippen LogP contribution in [0.25, 0.3) is 11.3 Å². The molecule has 0 atom stereocenters. The van der Waals surface area contributed by atoms with E-state index in [0.29, 0.717) is 11.3 Å². The Morgan fingerprint density at radius 1 is 1.33 bits per heavy atom. The normalized spacial score (nSPS) is 10.3. The standard InChI is InChI=1S/C11H9FN2O/c1-7(15)10-6-13-14-11(10)8-2-4-9(12)5-3-8/h2-6H,1H3,(H,13,14). The quantitative estimate of drug-likeness (QED) is 0.763. The molecule has 0 fully saturated rings. The second kappa shape index (κ2) is 3.65. The minimum absolute atomic E-state index is 0.0666. The third kappa shape index (κ3) is 1.79. The van der Waals surface area contributed by atoms with Gasteiger partial charge in [-0.15, -0.1) is 0 Å². The van der Waals surface area contributed by atoms with E-state index >= 15 is 0 Å². The first-order chi connectivity index (χ1) is 7.18. The Balaban J connectivity index is 2.49. The Labute approximate surface area is 85.9 Å². The molecule has 15 heavy (non-hydrogen) atoms. The molecule has 0 spiro atoms. The minimum Gasteiger partial charge on any atom is -0.294 e. The number of benzene rings is 1. The van der Waals surface area contributed by atoms with Crippen LogP contribution in [0.3, 0.4) is 0 Å². The van der Waals surface area contributed by atoms with Gasteiger partial charge in [-0.1, -0.05) is 0 Å². The number of carbonyl (C=O) groups is 1. The molecule has 1 N–H and O–H groups in total. The molecule has 2 rings (SSSR count). The molecule has 1 heterocycles. The number of aromatic amines is 1. The van der Waals surface area contributed by atoms with Crippen LogP contribution in [0.2, 0.25) is 0 Å². The van der Waals surface area contributed by atoms with Gasteiger partial charge in [-0.25, -0.2) is 4.39 Å². The van der Waals surface area contributed by atoms with E-state index in [9.17, 15) is 9.18 Å². The van der Waals surface area contributed by atoms with Crippen molar-refractivity contribution >= 4 is 5.78 Å². The molecule has 4 heteroatoms. The lowest BCUT2D eigenvalue weighted by Gasteiger charge is -1.99. The molecule has 1 aromatic carbocycles. The van der Waals surface area contributed by atoms with Gasteiger partial charge in [0.15, 0.2) is 5.78 Å². The number of nitrogens with one attached hydrogen (secondary N) is 1. The Morgan fingerprint density at radius 3 is 2.60 bits per heavy atom. The average Bonchev–Trinajstić information content (AvgIpc) is 2.67. The van der Waals surface area contributed by atoms with Crippen molar-refractivity contribution in [2.45, 2.75) is 6.92 Å². The van der Waals surface area contributed by atoms with E-state index in [1.807, 2.05) is 0 Å². The van der Waals surface area contributed by atoms with Gasteiger partial charge in [0, 0.05) is 5.56 Å². The lowest BCUT2D eigenvalue weighted by molar-refractivity contribution is 0.101. The van der Waals surface area contributed by atoms with Crippen molar-refractivity contribution in [1.29, 1.82) is 0 Å². The molecule has 0 aliphatic rings. The third-order valence-corrected chi connectivity index (χ3v) is 2.15. The molecule has 76 valence electrons. The van der Waals surface area contributed by atoms with Crippen LogP contribution < -0.4 is 0 Å². The molecule has 0 unspecified atom stereocenters. The summed E-state index contributed by atoms with van der Waals surface area (Å²) in [7, 11) is 0. The highest BCUT2D eigenvalue weighted by Gasteiger charge is 2.10. The average molecular weight is 204 g/mol. The summed E-state index contributed by atoms with van der Waals surface area (Å²) in [5, 5.41) is 6.53. The van der Waals surface area contributed by atoms with Crippen molar-refractivity contribution in [2.75, 3.05) is 0 Å². The molecule has 0 saturated carbocycles. The number of aromatic nitrogens is 2. The maximum absolute atomic E-state index is 12.7. The zero-order valence-electron chi connectivity index (χ0n) is 8.12. The molecule has 0 saturated heterocycles. The highest BCUT2D eigenvalue weighted by Crippen LogP contribution is 2.21. The number of nitrogens with zero attached hydrogens (tertiary/aromatic N) is 1. The van der Waals surface area contributed by atoms with Crippen molar-refractivity contribution in [3.05, 3.63) is 41.8 Å². The van der Waals surface area contributed by atoms with Crippen molar-refractivity contribution in [3.8, 4) is 11.3 Å². The molecule has 0 amide bonds. The smallest absolute Gasteiger partial charge is 0.163 e. The van der Waals surface area contributed by atoms with E-state index in [1.165, 1.54) is 25.3 Å². The molecule has 2 aromatic rings. The highest BCUT2D eigenvalue weighted by molar-refractivity contribution is 5.99. The lowest BCUT2D eigenvalue weighted by atomic mass is 10.1. The van der Waals surface area contributed by atoms with Crippen LogP contribution in [0.1, 0.15) is 17.3 Å². The van der Waals surface area contributed by atoms with E-state index in [4.69, 9.17) is 0 Å². The Kier molecular flexibility index (Phi) is 2.33. The second-order valence-corrected chi connectivity index (χ2v) is 3.22. The molecule has 0 bridgehead atoms. The van der Waals surface area contributed by atoms with Gasteiger partial charge in [0.2, 0.25) is 0 Å². The van der Waals surface area contributed by atoms with Gasteiger partial charge in [0.05, 0.1) is 17.5 Å². The number of H-pyrrole nitrogens is 1. The molecular weight excluding hydrogens is 195 g/mol. The minimum atomic E-state index is -0.303. The largest absolute Gasteiger partial charge is 0.294 e. The predicted molar refractivity (Wildman–Crippen MR) is 54.0 cm³/mol. The number of Topliss-reactive ketones (excluding diaryl/α,β-unsaturated/α-hetero) is 1. The van der Waals surface area contributed by atoms with E-state index in [-0.39, 0.29) is 11.6 Å². The number of ketones is 1. The Bertz CT molecular complexity index is 488. The maximum Gasteiger partial charge on any atom is 0.163 e. The first kappa shape index (κ1) is 9.58. The molecule has 0 radical (unpaired) electrons. The highest BCUT2D eigenvalue weighted by atomic mass is 19.1. The number of halogens is 1. The van der Waals surface area contributed by atoms with E-state index in [0.717, 1.165) is 5.56 Å². The summed E-state index contributed by atoms with van der Waals surface area (Å²) in [6.07, 6.45) is 1.47. The van der Waals surface area contributed by atoms with Crippen LogP contribution in [-0.4, -0.2) is 16.0 Å². The Morgan fingerprint density at radius 2 is 2.00 bits per heavy atom. The molecular formula is C11H9FN2O. The summed E-state index contributed by atoms with van der Waals surface area (Å²) in [5.41, 5.74) is 1.89. The van der Waals surface area contributed by atoms with Crippen LogP contribution in [0, 0.1) is 5.82 Å². The van der Waals surface area contributed by atoms with Crippen molar-refractivity contribution in [1.82, 2.24) is 10.2 Å². The van der Waals surface area contributed by atoms with Gasteiger partial charge >= 0.3 is 0 Å². The summed E-state index contributed by atoms with van der Waals surface area (Å²) in [6.45, 7) is 1.47. The van der Waals surface area contributed by atoms with Crippen LogP contribution >= 0.6 is 0 Å². The second-order valence-electron chi connectivity index (χ2n) is 3.22. The number of carbonyl (C=O) groups excluding carboxylic acids is 1. The zero-order chi connectivity index (χ0) is 10.8. The maximum atomic E-state index is 12.7. The van der Waals surface area contributed by atoms with Gasteiger partial charge in [0.25, 0.3) is 0 Å². The van der Waals surface area contributed by atoms with Gasteiger partial charge in [-0.3, -0.25) is 9.89 Å². The Hall–Kier alpha value is -1.97. The van der Waals surface area contributed by atoms with Crippen molar-refractivity contribution < 1.29 is 9.18 Å². The zero-order valence-corrected chi connectivity index (χ0v) is 8.12. The summed E-state index contributed by atoms with van der Waals surface area (Å²) >= 11 is 0. The van der Waals surface area contributed by atoms with E-state index < -0.39 is 0 Å². The molecule has 0 aliphatic carbocycles. The first-order valence-electron chi connectivity index (χ1n) is 4.48. The fraction of sp³-hybridized carbons (Fsp3) is 0.0909. The number of hydrogen-bond donors (Lipinski definition) is 1. The van der Waals surface area contributed by atoms with Gasteiger partial charge in [-0.05, 0) is 31.2 Å². The van der Waals surface area contributed by atoms with Crippen molar-refractivity contribution in [2.24, 2.45) is 0 Å².